The van der Waals surface area contributed by atoms with Crippen LogP contribution in [0.1, 0.15) is 13.3 Å². The Bertz CT molecular complexity index is 176. The summed E-state index contributed by atoms with van der Waals surface area (Å²) >= 11 is 0. The lowest BCUT2D eigenvalue weighted by molar-refractivity contribution is -0.137. The maximum Gasteiger partial charge on any atom is 0.384 e. The fourth-order valence-electron chi connectivity index (χ4n) is 0.329. The fourth-order valence-corrected chi connectivity index (χ4v) is 0.329. The summed E-state index contributed by atoms with van der Waals surface area (Å²) in [5, 5.41) is 0. The number of hydrogen-bond donors (Lipinski definition) is 0. The van der Waals surface area contributed by atoms with Crippen molar-refractivity contribution in [2.24, 2.45) is 0 Å². The largest absolute Gasteiger partial charge is 0.456 e. The van der Waals surface area contributed by atoms with Gasteiger partial charge in [-0.3, -0.25) is 4.79 Å². The molecule has 3 nitrogen and oxygen atoms in total. The first-order valence-electron chi connectivity index (χ1n) is 2.79. The van der Waals surface area contributed by atoms with E-state index in [1.807, 2.05) is 0 Å². The zero-order valence-electron chi connectivity index (χ0n) is 5.72. The number of carbonyl (C=O) groups is 2. The SMILES string of the molecule is C#CC(=O)OCCC(C)=O. The molecule has 0 saturated carbocycles. The minimum absolute atomic E-state index is 0.0233. The highest BCUT2D eigenvalue weighted by molar-refractivity contribution is 5.87. The number of hydrogen-bond acceptors (Lipinski definition) is 3. The maximum atomic E-state index is 10.3. The second-order valence-corrected chi connectivity index (χ2v) is 1.73. The third-order valence-electron chi connectivity index (χ3n) is 0.805. The topological polar surface area (TPSA) is 43.4 Å². The molecule has 0 radical (unpaired) electrons. The summed E-state index contributed by atoms with van der Waals surface area (Å²) in [6, 6.07) is 0. The summed E-state index contributed by atoms with van der Waals surface area (Å²) in [6.07, 6.45) is 4.91. The highest BCUT2D eigenvalue weighted by atomic mass is 16.5. The molecule has 0 aromatic carbocycles. The molecule has 0 fully saturated rings. The van der Waals surface area contributed by atoms with Crippen molar-refractivity contribution in [1.29, 1.82) is 0 Å². The Kier molecular flexibility index (Phi) is 3.97. The minimum Gasteiger partial charge on any atom is -0.456 e. The molecule has 0 atom stereocenters. The number of Topliss-reactive ketones (excluding diaryl/α,β-unsaturated/α-hetero) is 1. The van der Waals surface area contributed by atoms with E-state index in [4.69, 9.17) is 0 Å². The van der Waals surface area contributed by atoms with Gasteiger partial charge in [0.05, 0.1) is 6.61 Å². The van der Waals surface area contributed by atoms with E-state index < -0.39 is 5.97 Å². The van der Waals surface area contributed by atoms with Crippen molar-refractivity contribution in [3.05, 3.63) is 0 Å². The van der Waals surface area contributed by atoms with Crippen LogP contribution >= 0.6 is 0 Å². The van der Waals surface area contributed by atoms with Crippen molar-refractivity contribution in [3.63, 3.8) is 0 Å². The molecule has 0 unspecified atom stereocenters. The molecule has 0 aliphatic carbocycles. The molecule has 3 heteroatoms. The minimum atomic E-state index is -0.721. The standard InChI is InChI=1S/C7H8O3/c1-3-7(9)10-5-4-6(2)8/h1H,4-5H2,2H3. The van der Waals surface area contributed by atoms with Crippen LogP contribution in [0.3, 0.4) is 0 Å². The lowest BCUT2D eigenvalue weighted by atomic mass is 10.3. The maximum absolute atomic E-state index is 10.3. The van der Waals surface area contributed by atoms with E-state index in [0.717, 1.165) is 0 Å². The lowest BCUT2D eigenvalue weighted by Gasteiger charge is -1.95. The van der Waals surface area contributed by atoms with E-state index in [9.17, 15) is 9.59 Å². The Hall–Kier alpha value is -1.30. The van der Waals surface area contributed by atoms with E-state index in [1.165, 1.54) is 6.92 Å². The normalized spacial score (nSPS) is 8.00. The van der Waals surface area contributed by atoms with Crippen LogP contribution in [0.2, 0.25) is 0 Å². The van der Waals surface area contributed by atoms with Crippen LogP contribution in [-0.2, 0) is 14.3 Å². The first kappa shape index (κ1) is 8.70. The fraction of sp³-hybridized carbons (Fsp3) is 0.429. The first-order valence-corrected chi connectivity index (χ1v) is 2.79. The van der Waals surface area contributed by atoms with E-state index in [-0.39, 0.29) is 18.8 Å². The van der Waals surface area contributed by atoms with E-state index in [0.29, 0.717) is 0 Å². The average molecular weight is 140 g/mol. The van der Waals surface area contributed by atoms with Gasteiger partial charge in [0.2, 0.25) is 0 Å². The number of esters is 1. The van der Waals surface area contributed by atoms with Gasteiger partial charge in [0, 0.05) is 12.3 Å². The molecule has 0 amide bonds. The molecule has 0 saturated heterocycles. The highest BCUT2D eigenvalue weighted by Crippen LogP contribution is 1.83. The molecule has 10 heavy (non-hydrogen) atoms. The first-order chi connectivity index (χ1) is 4.66. The second kappa shape index (κ2) is 4.57. The summed E-state index contributed by atoms with van der Waals surface area (Å²) in [5.74, 6) is 1.02. The Balaban J connectivity index is 3.31. The van der Waals surface area contributed by atoms with Crippen molar-refractivity contribution in [3.8, 4) is 12.3 Å². The van der Waals surface area contributed by atoms with Gasteiger partial charge in [0.25, 0.3) is 0 Å². The number of ketones is 1. The van der Waals surface area contributed by atoms with Crippen molar-refractivity contribution < 1.29 is 14.3 Å². The van der Waals surface area contributed by atoms with Crippen molar-refractivity contribution in [2.45, 2.75) is 13.3 Å². The smallest absolute Gasteiger partial charge is 0.384 e. The molecule has 0 rings (SSSR count). The molecular weight excluding hydrogens is 132 g/mol. The second-order valence-electron chi connectivity index (χ2n) is 1.73. The number of rotatable bonds is 3. The van der Waals surface area contributed by atoms with Crippen molar-refractivity contribution >= 4 is 11.8 Å². The number of terminal acetylenes is 1. The van der Waals surface area contributed by atoms with Gasteiger partial charge in [-0.15, -0.1) is 6.42 Å². The quantitative estimate of drug-likeness (QED) is 0.318. The monoisotopic (exact) mass is 140 g/mol. The zero-order chi connectivity index (χ0) is 7.98. The van der Waals surface area contributed by atoms with Gasteiger partial charge >= 0.3 is 5.97 Å². The molecule has 0 N–H and O–H groups in total. The van der Waals surface area contributed by atoms with Crippen LogP contribution in [0, 0.1) is 12.3 Å². The van der Waals surface area contributed by atoms with Gasteiger partial charge in [-0.25, -0.2) is 4.79 Å². The van der Waals surface area contributed by atoms with E-state index in [2.05, 4.69) is 11.2 Å². The highest BCUT2D eigenvalue weighted by Gasteiger charge is 1.97. The van der Waals surface area contributed by atoms with Crippen LogP contribution in [-0.4, -0.2) is 18.4 Å². The molecule has 0 aromatic heterocycles. The summed E-state index contributed by atoms with van der Waals surface area (Å²) in [6.45, 7) is 1.50. The molecule has 0 aromatic rings. The molecule has 0 bridgehead atoms. The number of carbonyl (C=O) groups excluding carboxylic acids is 2. The van der Waals surface area contributed by atoms with Crippen LogP contribution in [0.25, 0.3) is 0 Å². The van der Waals surface area contributed by atoms with Gasteiger partial charge in [-0.05, 0) is 6.92 Å². The third-order valence-corrected chi connectivity index (χ3v) is 0.805. The van der Waals surface area contributed by atoms with Gasteiger partial charge < -0.3 is 4.74 Å². The van der Waals surface area contributed by atoms with Crippen LogP contribution in [0.15, 0.2) is 0 Å². The summed E-state index contributed by atoms with van der Waals surface area (Å²) < 4.78 is 4.41. The molecular formula is C7H8O3. The molecule has 0 aliphatic rings. The van der Waals surface area contributed by atoms with Gasteiger partial charge in [-0.2, -0.15) is 0 Å². The molecule has 0 aliphatic heterocycles. The third kappa shape index (κ3) is 4.85. The van der Waals surface area contributed by atoms with E-state index >= 15 is 0 Å². The van der Waals surface area contributed by atoms with Gasteiger partial charge in [0.15, 0.2) is 0 Å². The van der Waals surface area contributed by atoms with Crippen molar-refractivity contribution in [1.82, 2.24) is 0 Å². The van der Waals surface area contributed by atoms with Crippen LogP contribution in [0.5, 0.6) is 0 Å². The predicted molar refractivity (Wildman–Crippen MR) is 35.1 cm³/mol. The van der Waals surface area contributed by atoms with E-state index in [1.54, 1.807) is 5.92 Å². The van der Waals surface area contributed by atoms with Crippen LogP contribution < -0.4 is 0 Å². The zero-order valence-corrected chi connectivity index (χ0v) is 5.72. The Morgan fingerprint density at radius 1 is 1.60 bits per heavy atom. The summed E-state index contributed by atoms with van der Waals surface area (Å²) in [4.78, 5) is 20.5. The average Bonchev–Trinajstić information content (AvgIpc) is 1.87. The van der Waals surface area contributed by atoms with Crippen LogP contribution in [0.4, 0.5) is 0 Å². The summed E-state index contributed by atoms with van der Waals surface area (Å²) in [7, 11) is 0. The molecule has 0 heterocycles. The Labute approximate surface area is 59.4 Å². The Morgan fingerprint density at radius 3 is 2.60 bits per heavy atom. The van der Waals surface area contributed by atoms with Crippen molar-refractivity contribution in [2.75, 3.05) is 6.61 Å². The van der Waals surface area contributed by atoms with Gasteiger partial charge in [0.1, 0.15) is 5.78 Å². The molecule has 54 valence electrons. The predicted octanol–water partition coefficient (Wildman–Crippen LogP) is 0.142. The molecule has 0 spiro atoms. The number of ether oxygens (including phenoxy) is 1. The lowest BCUT2D eigenvalue weighted by Crippen LogP contribution is -2.05. The Morgan fingerprint density at radius 2 is 2.20 bits per heavy atom. The summed E-state index contributed by atoms with van der Waals surface area (Å²) in [5.41, 5.74) is 0. The van der Waals surface area contributed by atoms with Gasteiger partial charge in [-0.1, -0.05) is 0 Å².